The lowest BCUT2D eigenvalue weighted by molar-refractivity contribution is 0.0277. The van der Waals surface area contributed by atoms with Crippen LogP contribution in [0.15, 0.2) is 4.99 Å². The third kappa shape index (κ3) is 8.26. The summed E-state index contributed by atoms with van der Waals surface area (Å²) in [5, 5.41) is 6.86. The molecule has 2 fully saturated rings. The molecule has 0 bridgehead atoms. The predicted octanol–water partition coefficient (Wildman–Crippen LogP) is 3.40. The van der Waals surface area contributed by atoms with Crippen molar-refractivity contribution < 1.29 is 4.74 Å². The zero-order valence-electron chi connectivity index (χ0n) is 17.4. The molecule has 26 heavy (non-hydrogen) atoms. The molecule has 1 atom stereocenters. The van der Waals surface area contributed by atoms with E-state index in [2.05, 4.69) is 36.3 Å². The maximum atomic E-state index is 6.01. The van der Waals surface area contributed by atoms with Crippen molar-refractivity contribution in [1.29, 1.82) is 0 Å². The Bertz CT molecular complexity index is 393. The molecule has 1 saturated heterocycles. The van der Waals surface area contributed by atoms with Gasteiger partial charge in [0.25, 0.3) is 0 Å². The van der Waals surface area contributed by atoms with Crippen LogP contribution in [-0.4, -0.2) is 62.3 Å². The number of piperidine rings is 1. The first-order valence-electron chi connectivity index (χ1n) is 11.1. The molecule has 0 aromatic rings. The first kappa shape index (κ1) is 21.5. The van der Waals surface area contributed by atoms with Gasteiger partial charge in [0.15, 0.2) is 5.96 Å². The Morgan fingerprint density at radius 3 is 2.65 bits per heavy atom. The van der Waals surface area contributed by atoms with Crippen LogP contribution in [0, 0.1) is 5.92 Å². The Hall–Kier alpha value is -0.810. The van der Waals surface area contributed by atoms with Crippen molar-refractivity contribution in [2.75, 3.05) is 39.3 Å². The highest BCUT2D eigenvalue weighted by Gasteiger charge is 2.21. The van der Waals surface area contributed by atoms with Gasteiger partial charge in [-0.25, -0.2) is 0 Å². The quantitative estimate of drug-likeness (QED) is 0.373. The second-order valence-corrected chi connectivity index (χ2v) is 8.23. The van der Waals surface area contributed by atoms with Crippen molar-refractivity contribution in [3.63, 3.8) is 0 Å². The third-order valence-electron chi connectivity index (χ3n) is 5.65. The molecule has 5 heteroatoms. The number of guanidine groups is 1. The number of rotatable bonds is 9. The first-order valence-corrected chi connectivity index (χ1v) is 11.1. The Balaban J connectivity index is 1.64. The van der Waals surface area contributed by atoms with Gasteiger partial charge in [0.05, 0.1) is 6.10 Å². The molecule has 5 nitrogen and oxygen atoms in total. The van der Waals surface area contributed by atoms with Crippen LogP contribution < -0.4 is 10.6 Å². The summed E-state index contributed by atoms with van der Waals surface area (Å²) in [5.74, 6) is 1.66. The van der Waals surface area contributed by atoms with Gasteiger partial charge in [-0.15, -0.1) is 0 Å². The van der Waals surface area contributed by atoms with Gasteiger partial charge in [0, 0.05) is 38.8 Å². The minimum atomic E-state index is 0.515. The van der Waals surface area contributed by atoms with Crippen LogP contribution in [0.1, 0.15) is 72.1 Å². The molecule has 152 valence electrons. The molecule has 1 heterocycles. The smallest absolute Gasteiger partial charge is 0.191 e. The molecule has 2 rings (SSSR count). The lowest BCUT2D eigenvalue weighted by Gasteiger charge is -2.34. The molecule has 0 amide bonds. The fourth-order valence-corrected chi connectivity index (χ4v) is 4.04. The lowest BCUT2D eigenvalue weighted by atomic mass is 9.97. The van der Waals surface area contributed by atoms with Gasteiger partial charge in [0.2, 0.25) is 0 Å². The van der Waals surface area contributed by atoms with E-state index in [0.717, 1.165) is 38.6 Å². The van der Waals surface area contributed by atoms with Crippen molar-refractivity contribution in [1.82, 2.24) is 15.5 Å². The zero-order chi connectivity index (χ0) is 18.6. The average molecular weight is 367 g/mol. The molecule has 2 aliphatic rings. The third-order valence-corrected chi connectivity index (χ3v) is 5.65. The monoisotopic (exact) mass is 366 g/mol. The van der Waals surface area contributed by atoms with Crippen molar-refractivity contribution in [2.45, 2.75) is 84.3 Å². The van der Waals surface area contributed by atoms with Crippen LogP contribution in [-0.2, 0) is 4.74 Å². The molecule has 2 N–H and O–H groups in total. The highest BCUT2D eigenvalue weighted by molar-refractivity contribution is 5.79. The highest BCUT2D eigenvalue weighted by atomic mass is 16.5. The second-order valence-electron chi connectivity index (χ2n) is 8.23. The minimum absolute atomic E-state index is 0.515. The highest BCUT2D eigenvalue weighted by Crippen LogP contribution is 2.20. The molecular weight excluding hydrogens is 324 g/mol. The van der Waals surface area contributed by atoms with E-state index in [4.69, 9.17) is 9.73 Å². The first-order chi connectivity index (χ1) is 12.7. The van der Waals surface area contributed by atoms with Crippen molar-refractivity contribution in [3.8, 4) is 0 Å². The fourth-order valence-electron chi connectivity index (χ4n) is 4.04. The van der Waals surface area contributed by atoms with Crippen molar-refractivity contribution >= 4 is 5.96 Å². The van der Waals surface area contributed by atoms with E-state index < -0.39 is 0 Å². The van der Waals surface area contributed by atoms with Gasteiger partial charge in [-0.3, -0.25) is 4.99 Å². The largest absolute Gasteiger partial charge is 0.378 e. The Morgan fingerprint density at radius 1 is 1.12 bits per heavy atom. The van der Waals surface area contributed by atoms with E-state index in [1.165, 1.54) is 58.0 Å². The summed E-state index contributed by atoms with van der Waals surface area (Å²) in [6, 6.07) is 0.650. The number of hydrogen-bond donors (Lipinski definition) is 2. The Morgan fingerprint density at radius 2 is 1.92 bits per heavy atom. The molecule has 1 saturated carbocycles. The maximum Gasteiger partial charge on any atom is 0.191 e. The van der Waals surface area contributed by atoms with Gasteiger partial charge < -0.3 is 20.3 Å². The fraction of sp³-hybridized carbons (Fsp3) is 0.952. The Labute approximate surface area is 161 Å². The number of aliphatic imine (C=N–C) groups is 1. The van der Waals surface area contributed by atoms with Gasteiger partial charge in [0.1, 0.15) is 0 Å². The van der Waals surface area contributed by atoms with E-state index in [-0.39, 0.29) is 0 Å². The van der Waals surface area contributed by atoms with Gasteiger partial charge >= 0.3 is 0 Å². The summed E-state index contributed by atoms with van der Waals surface area (Å²) in [6.45, 7) is 12.8. The molecule has 0 aromatic heterocycles. The summed E-state index contributed by atoms with van der Waals surface area (Å²) in [5.41, 5.74) is 0. The van der Waals surface area contributed by atoms with Crippen LogP contribution in [0.3, 0.4) is 0 Å². The summed E-state index contributed by atoms with van der Waals surface area (Å²) in [7, 11) is 0. The second kappa shape index (κ2) is 12.6. The van der Waals surface area contributed by atoms with E-state index in [1.807, 2.05) is 0 Å². The molecule has 0 spiro atoms. The maximum absolute atomic E-state index is 6.01. The van der Waals surface area contributed by atoms with Gasteiger partial charge in [-0.05, 0) is 65.3 Å². The minimum Gasteiger partial charge on any atom is -0.378 e. The van der Waals surface area contributed by atoms with E-state index in [0.29, 0.717) is 18.1 Å². The zero-order valence-corrected chi connectivity index (χ0v) is 17.4. The van der Waals surface area contributed by atoms with Crippen LogP contribution >= 0.6 is 0 Å². The Kier molecular flexibility index (Phi) is 10.4. The number of nitrogens with one attached hydrogen (secondary N) is 2. The number of hydrogen-bond acceptors (Lipinski definition) is 3. The lowest BCUT2D eigenvalue weighted by Crippen LogP contribution is -2.42. The molecule has 1 unspecified atom stereocenters. The van der Waals surface area contributed by atoms with Crippen molar-refractivity contribution in [2.24, 2.45) is 10.9 Å². The number of ether oxygens (including phenoxy) is 1. The topological polar surface area (TPSA) is 48.9 Å². The van der Waals surface area contributed by atoms with Crippen LogP contribution in [0.5, 0.6) is 0 Å². The molecule has 0 aromatic carbocycles. The standard InChI is InChI=1S/C21H42N4O/c1-4-22-21(23-13-9-15-26-20-11-6-5-7-12-20)24-16-19-10-8-14-25(17-19)18(2)3/h18-20H,4-17H2,1-3H3,(H2,22,23,24). The van der Waals surface area contributed by atoms with Gasteiger partial charge in [-0.1, -0.05) is 19.3 Å². The van der Waals surface area contributed by atoms with E-state index >= 15 is 0 Å². The summed E-state index contributed by atoms with van der Waals surface area (Å²) < 4.78 is 6.01. The van der Waals surface area contributed by atoms with Gasteiger partial charge in [-0.2, -0.15) is 0 Å². The molecule has 1 aliphatic heterocycles. The average Bonchev–Trinajstić information content (AvgIpc) is 2.66. The normalized spacial score (nSPS) is 23.4. The summed E-state index contributed by atoms with van der Waals surface area (Å²) in [6.07, 6.45) is 10.8. The van der Waals surface area contributed by atoms with Crippen LogP contribution in [0.4, 0.5) is 0 Å². The molecule has 1 aliphatic carbocycles. The summed E-state index contributed by atoms with van der Waals surface area (Å²) in [4.78, 5) is 7.44. The van der Waals surface area contributed by atoms with Crippen LogP contribution in [0.2, 0.25) is 0 Å². The van der Waals surface area contributed by atoms with Crippen LogP contribution in [0.25, 0.3) is 0 Å². The number of likely N-dealkylation sites (tertiary alicyclic amines) is 1. The molecular formula is C21H42N4O. The van der Waals surface area contributed by atoms with E-state index in [9.17, 15) is 0 Å². The van der Waals surface area contributed by atoms with E-state index in [1.54, 1.807) is 0 Å². The SMILES string of the molecule is CCNC(=NCC1CCCN(C(C)C)C1)NCCCOC1CCCCC1. The predicted molar refractivity (Wildman–Crippen MR) is 111 cm³/mol. The number of nitrogens with zero attached hydrogens (tertiary/aromatic N) is 2. The van der Waals surface area contributed by atoms with Crippen molar-refractivity contribution in [3.05, 3.63) is 0 Å². The molecule has 0 radical (unpaired) electrons. The summed E-state index contributed by atoms with van der Waals surface area (Å²) >= 11 is 0.